The fraction of sp³-hybridized carbons (Fsp3) is 0.818. The quantitative estimate of drug-likeness (QED) is 0.327. The number of rotatable bonds is 16. The topological polar surface area (TPSA) is 6.48 Å². The summed E-state index contributed by atoms with van der Waals surface area (Å²) in [7, 11) is 0. The monoisotopic (exact) mass is 366 g/mol. The summed E-state index contributed by atoms with van der Waals surface area (Å²) in [6.07, 6.45) is 10.5. The minimum absolute atomic E-state index is 1.15. The van der Waals surface area contributed by atoms with Crippen LogP contribution in [0.2, 0.25) is 0 Å². The number of unbranched alkanes of at least 4 members (excludes halogenated alkanes) is 4. The smallest absolute Gasteiger partial charge is 0.0328 e. The van der Waals surface area contributed by atoms with Crippen molar-refractivity contribution in [3.63, 3.8) is 0 Å². The molecule has 0 unspecified atom stereocenters. The molecular formula is C22H42N2S. The SMILES string of the molecule is CCCCN(CCCC)Cc1ccc(CN(CCCC)CCCC)s1. The molecule has 0 saturated carbocycles. The van der Waals surface area contributed by atoms with E-state index in [-0.39, 0.29) is 0 Å². The lowest BCUT2D eigenvalue weighted by Gasteiger charge is -2.22. The Hall–Kier alpha value is -0.380. The molecule has 0 aliphatic carbocycles. The van der Waals surface area contributed by atoms with E-state index < -0.39 is 0 Å². The average molecular weight is 367 g/mol. The second kappa shape index (κ2) is 14.8. The molecule has 1 aromatic heterocycles. The highest BCUT2D eigenvalue weighted by Crippen LogP contribution is 2.21. The van der Waals surface area contributed by atoms with Crippen LogP contribution in [0.4, 0.5) is 0 Å². The van der Waals surface area contributed by atoms with Crippen LogP contribution in [-0.4, -0.2) is 36.0 Å². The molecule has 0 amide bonds. The van der Waals surface area contributed by atoms with Crippen LogP contribution >= 0.6 is 11.3 Å². The Morgan fingerprint density at radius 2 is 0.920 bits per heavy atom. The van der Waals surface area contributed by atoms with Crippen LogP contribution < -0.4 is 0 Å². The van der Waals surface area contributed by atoms with Gasteiger partial charge in [-0.1, -0.05) is 53.4 Å². The second-order valence-corrected chi connectivity index (χ2v) is 8.59. The largest absolute Gasteiger partial charge is 0.298 e. The first-order valence-corrected chi connectivity index (χ1v) is 11.6. The minimum atomic E-state index is 1.15. The highest BCUT2D eigenvalue weighted by Gasteiger charge is 2.10. The molecule has 1 heterocycles. The molecule has 0 aliphatic rings. The molecule has 0 atom stereocenters. The minimum Gasteiger partial charge on any atom is -0.298 e. The zero-order chi connectivity index (χ0) is 18.3. The lowest BCUT2D eigenvalue weighted by atomic mass is 10.2. The summed E-state index contributed by atoms with van der Waals surface area (Å²) in [6.45, 7) is 16.5. The molecule has 1 aromatic rings. The summed E-state index contributed by atoms with van der Waals surface area (Å²) < 4.78 is 0. The summed E-state index contributed by atoms with van der Waals surface area (Å²) in [4.78, 5) is 8.42. The molecule has 146 valence electrons. The van der Waals surface area contributed by atoms with Gasteiger partial charge in [0.25, 0.3) is 0 Å². The molecule has 0 spiro atoms. The lowest BCUT2D eigenvalue weighted by Crippen LogP contribution is -2.25. The van der Waals surface area contributed by atoms with Crippen molar-refractivity contribution in [1.29, 1.82) is 0 Å². The number of hydrogen-bond acceptors (Lipinski definition) is 3. The highest BCUT2D eigenvalue weighted by atomic mass is 32.1. The van der Waals surface area contributed by atoms with Crippen molar-refractivity contribution in [1.82, 2.24) is 9.80 Å². The van der Waals surface area contributed by atoms with Gasteiger partial charge in [0.15, 0.2) is 0 Å². The fourth-order valence-electron chi connectivity index (χ4n) is 3.10. The van der Waals surface area contributed by atoms with Gasteiger partial charge in [-0.2, -0.15) is 0 Å². The molecule has 0 aromatic carbocycles. The number of thiophene rings is 1. The van der Waals surface area contributed by atoms with Gasteiger partial charge in [0, 0.05) is 22.8 Å². The average Bonchev–Trinajstić information content (AvgIpc) is 3.06. The van der Waals surface area contributed by atoms with E-state index in [1.54, 1.807) is 9.75 Å². The van der Waals surface area contributed by atoms with Gasteiger partial charge in [-0.15, -0.1) is 11.3 Å². The van der Waals surface area contributed by atoms with Crippen LogP contribution in [0.5, 0.6) is 0 Å². The van der Waals surface area contributed by atoms with E-state index >= 15 is 0 Å². The lowest BCUT2D eigenvalue weighted by molar-refractivity contribution is 0.258. The zero-order valence-electron chi connectivity index (χ0n) is 17.4. The highest BCUT2D eigenvalue weighted by molar-refractivity contribution is 7.11. The fourth-order valence-corrected chi connectivity index (χ4v) is 4.20. The van der Waals surface area contributed by atoms with Gasteiger partial charge in [0.1, 0.15) is 0 Å². The second-order valence-electron chi connectivity index (χ2n) is 7.33. The summed E-state index contributed by atoms with van der Waals surface area (Å²) in [5.74, 6) is 0. The van der Waals surface area contributed by atoms with Gasteiger partial charge in [0.2, 0.25) is 0 Å². The Kier molecular flexibility index (Phi) is 13.4. The van der Waals surface area contributed by atoms with Crippen LogP contribution in [0, 0.1) is 0 Å². The molecule has 1 rings (SSSR count). The van der Waals surface area contributed by atoms with Gasteiger partial charge in [-0.25, -0.2) is 0 Å². The van der Waals surface area contributed by atoms with Gasteiger partial charge < -0.3 is 0 Å². The van der Waals surface area contributed by atoms with Crippen LogP contribution in [0.3, 0.4) is 0 Å². The van der Waals surface area contributed by atoms with Crippen LogP contribution in [0.1, 0.15) is 88.8 Å². The van der Waals surface area contributed by atoms with E-state index in [1.807, 2.05) is 11.3 Å². The van der Waals surface area contributed by atoms with E-state index in [0.717, 1.165) is 13.1 Å². The zero-order valence-corrected chi connectivity index (χ0v) is 18.2. The maximum absolute atomic E-state index is 2.66. The van der Waals surface area contributed by atoms with Gasteiger partial charge >= 0.3 is 0 Å². The van der Waals surface area contributed by atoms with Crippen LogP contribution in [-0.2, 0) is 13.1 Å². The maximum Gasteiger partial charge on any atom is 0.0328 e. The molecule has 0 saturated heterocycles. The molecule has 2 nitrogen and oxygen atoms in total. The molecule has 0 bridgehead atoms. The predicted octanol–water partition coefficient (Wildman–Crippen LogP) is 6.55. The Bertz CT molecular complexity index is 363. The van der Waals surface area contributed by atoms with Crippen molar-refractivity contribution in [3.05, 3.63) is 21.9 Å². The Morgan fingerprint density at radius 1 is 0.600 bits per heavy atom. The van der Waals surface area contributed by atoms with Crippen molar-refractivity contribution in [2.24, 2.45) is 0 Å². The van der Waals surface area contributed by atoms with Gasteiger partial charge in [-0.05, 0) is 64.0 Å². The Labute approximate surface area is 161 Å². The van der Waals surface area contributed by atoms with Crippen molar-refractivity contribution >= 4 is 11.3 Å². The van der Waals surface area contributed by atoms with Crippen molar-refractivity contribution < 1.29 is 0 Å². The summed E-state index contributed by atoms with van der Waals surface area (Å²) in [6, 6.07) is 4.76. The third kappa shape index (κ3) is 10.4. The summed E-state index contributed by atoms with van der Waals surface area (Å²) >= 11 is 2.04. The Morgan fingerprint density at radius 3 is 1.20 bits per heavy atom. The first-order chi connectivity index (χ1) is 12.2. The van der Waals surface area contributed by atoms with Gasteiger partial charge in [-0.3, -0.25) is 9.80 Å². The standard InChI is InChI=1S/C22H42N2S/c1-5-9-15-23(16-10-6-2)19-21-13-14-22(25-21)20-24(17-11-7-3)18-12-8-4/h13-14H,5-12,15-20H2,1-4H3. The van der Waals surface area contributed by atoms with Crippen molar-refractivity contribution in [3.8, 4) is 0 Å². The van der Waals surface area contributed by atoms with E-state index in [4.69, 9.17) is 0 Å². The normalized spacial score (nSPS) is 11.8. The van der Waals surface area contributed by atoms with E-state index in [0.29, 0.717) is 0 Å². The molecule has 0 aliphatic heterocycles. The molecule has 3 heteroatoms. The van der Waals surface area contributed by atoms with Crippen molar-refractivity contribution in [2.75, 3.05) is 26.2 Å². The van der Waals surface area contributed by atoms with Crippen LogP contribution in [0.25, 0.3) is 0 Å². The summed E-state index contributed by atoms with van der Waals surface area (Å²) in [5.41, 5.74) is 0. The summed E-state index contributed by atoms with van der Waals surface area (Å²) in [5, 5.41) is 0. The molecule has 0 N–H and O–H groups in total. The molecule has 0 fully saturated rings. The Balaban J connectivity index is 2.55. The van der Waals surface area contributed by atoms with Gasteiger partial charge in [0.05, 0.1) is 0 Å². The van der Waals surface area contributed by atoms with Crippen LogP contribution in [0.15, 0.2) is 12.1 Å². The number of nitrogens with zero attached hydrogens (tertiary/aromatic N) is 2. The predicted molar refractivity (Wildman–Crippen MR) is 115 cm³/mol. The number of hydrogen-bond donors (Lipinski definition) is 0. The maximum atomic E-state index is 2.66. The molecule has 0 radical (unpaired) electrons. The first kappa shape index (κ1) is 22.7. The van der Waals surface area contributed by atoms with E-state index in [9.17, 15) is 0 Å². The molecular weight excluding hydrogens is 324 g/mol. The van der Waals surface area contributed by atoms with E-state index in [1.165, 1.54) is 77.5 Å². The third-order valence-electron chi connectivity index (χ3n) is 4.79. The third-order valence-corrected chi connectivity index (χ3v) is 5.84. The first-order valence-electron chi connectivity index (χ1n) is 10.8. The van der Waals surface area contributed by atoms with E-state index in [2.05, 4.69) is 49.6 Å². The van der Waals surface area contributed by atoms with Crippen molar-refractivity contribution in [2.45, 2.75) is 92.2 Å². The molecule has 25 heavy (non-hydrogen) atoms.